The molecule has 0 aliphatic carbocycles. The summed E-state index contributed by atoms with van der Waals surface area (Å²) in [6, 6.07) is 3.60. The minimum absolute atomic E-state index is 0.0673. The predicted octanol–water partition coefficient (Wildman–Crippen LogP) is 2.15. The molecule has 0 radical (unpaired) electrons. The number of aliphatic hydroxyl groups is 1. The Morgan fingerprint density at radius 1 is 1.30 bits per heavy atom. The van der Waals surface area contributed by atoms with Gasteiger partial charge in [0.2, 0.25) is 11.8 Å². The number of halogens is 2. The van der Waals surface area contributed by atoms with E-state index in [0.29, 0.717) is 5.56 Å². The van der Waals surface area contributed by atoms with Gasteiger partial charge >= 0.3 is 0 Å². The van der Waals surface area contributed by atoms with Crippen molar-refractivity contribution in [2.75, 3.05) is 6.54 Å². The van der Waals surface area contributed by atoms with Crippen molar-refractivity contribution >= 4 is 23.4 Å². The first-order chi connectivity index (χ1) is 9.32. The van der Waals surface area contributed by atoms with Crippen molar-refractivity contribution in [3.63, 3.8) is 0 Å². The number of benzene rings is 1. The van der Waals surface area contributed by atoms with Crippen molar-refractivity contribution < 1.29 is 19.1 Å². The number of rotatable bonds is 3. The van der Waals surface area contributed by atoms with Crippen LogP contribution in [0.4, 0.5) is 4.39 Å². The monoisotopic (exact) mass is 299 g/mol. The Labute approximate surface area is 121 Å². The molecular formula is C14H15ClFNO3. The topological polar surface area (TPSA) is 57.6 Å². The number of amides is 2. The van der Waals surface area contributed by atoms with Gasteiger partial charge in [0.1, 0.15) is 5.82 Å². The summed E-state index contributed by atoms with van der Waals surface area (Å²) in [6.45, 7) is 3.20. The molecule has 0 bridgehead atoms. The molecule has 2 amide bonds. The molecule has 2 rings (SSSR count). The minimum Gasteiger partial charge on any atom is -0.386 e. The van der Waals surface area contributed by atoms with Gasteiger partial charge in [0.25, 0.3) is 0 Å². The Bertz CT molecular complexity index is 543. The zero-order valence-electron chi connectivity index (χ0n) is 11.1. The van der Waals surface area contributed by atoms with Crippen LogP contribution < -0.4 is 0 Å². The Kier molecular flexibility index (Phi) is 4.11. The molecule has 20 heavy (non-hydrogen) atoms. The van der Waals surface area contributed by atoms with Gasteiger partial charge in [0.15, 0.2) is 0 Å². The Morgan fingerprint density at radius 2 is 1.85 bits per heavy atom. The maximum Gasteiger partial charge on any atom is 0.232 e. The third-order valence-electron chi connectivity index (χ3n) is 3.74. The molecule has 6 heteroatoms. The van der Waals surface area contributed by atoms with E-state index < -0.39 is 23.8 Å². The van der Waals surface area contributed by atoms with Gasteiger partial charge in [-0.1, -0.05) is 31.5 Å². The first-order valence-corrected chi connectivity index (χ1v) is 6.69. The van der Waals surface area contributed by atoms with Crippen molar-refractivity contribution in [2.24, 2.45) is 11.8 Å². The fourth-order valence-corrected chi connectivity index (χ4v) is 2.54. The van der Waals surface area contributed by atoms with Crippen LogP contribution in [0.1, 0.15) is 25.5 Å². The largest absolute Gasteiger partial charge is 0.386 e. The number of imide groups is 1. The summed E-state index contributed by atoms with van der Waals surface area (Å²) >= 11 is 5.85. The molecule has 0 spiro atoms. The summed E-state index contributed by atoms with van der Waals surface area (Å²) in [5.41, 5.74) is 0.292. The van der Waals surface area contributed by atoms with Crippen LogP contribution in [-0.2, 0) is 9.59 Å². The molecule has 1 aliphatic rings. The van der Waals surface area contributed by atoms with Gasteiger partial charge in [-0.05, 0) is 12.1 Å². The van der Waals surface area contributed by atoms with E-state index in [4.69, 9.17) is 11.6 Å². The molecule has 1 N–H and O–H groups in total. The van der Waals surface area contributed by atoms with E-state index >= 15 is 0 Å². The van der Waals surface area contributed by atoms with Crippen LogP contribution in [0, 0.1) is 17.7 Å². The van der Waals surface area contributed by atoms with E-state index in [1.165, 1.54) is 12.1 Å². The summed E-state index contributed by atoms with van der Waals surface area (Å²) in [5.74, 6) is -1.90. The van der Waals surface area contributed by atoms with E-state index in [2.05, 4.69) is 0 Å². The lowest BCUT2D eigenvalue weighted by molar-refractivity contribution is -0.141. The number of likely N-dealkylation sites (tertiary alicyclic amines) is 1. The molecule has 0 saturated carbocycles. The highest BCUT2D eigenvalue weighted by Gasteiger charge is 2.42. The maximum absolute atomic E-state index is 13.0. The molecule has 3 atom stereocenters. The van der Waals surface area contributed by atoms with Crippen molar-refractivity contribution in [1.29, 1.82) is 0 Å². The molecule has 1 aromatic rings. The van der Waals surface area contributed by atoms with Gasteiger partial charge in [-0.15, -0.1) is 0 Å². The van der Waals surface area contributed by atoms with Gasteiger partial charge in [0, 0.05) is 22.4 Å². The van der Waals surface area contributed by atoms with E-state index in [-0.39, 0.29) is 23.4 Å². The average molecular weight is 300 g/mol. The van der Waals surface area contributed by atoms with Crippen LogP contribution >= 0.6 is 11.6 Å². The summed E-state index contributed by atoms with van der Waals surface area (Å²) in [7, 11) is 0. The standard InChI is InChI=1S/C14H15ClFNO3/c1-7-8(2)14(20)17(13(7)19)6-12(18)10-4-3-9(16)5-11(10)15/h3-5,7-8,12,18H,6H2,1-2H3. The second kappa shape index (κ2) is 5.50. The van der Waals surface area contributed by atoms with Gasteiger partial charge in [-0.3, -0.25) is 14.5 Å². The highest BCUT2D eigenvalue weighted by molar-refractivity contribution is 6.31. The third-order valence-corrected chi connectivity index (χ3v) is 4.07. The van der Waals surface area contributed by atoms with Crippen molar-refractivity contribution in [3.05, 3.63) is 34.6 Å². The van der Waals surface area contributed by atoms with Crippen LogP contribution in [0.15, 0.2) is 18.2 Å². The van der Waals surface area contributed by atoms with Crippen molar-refractivity contribution in [1.82, 2.24) is 4.90 Å². The number of hydrogen-bond acceptors (Lipinski definition) is 3. The van der Waals surface area contributed by atoms with Gasteiger partial charge in [-0.25, -0.2) is 4.39 Å². The smallest absolute Gasteiger partial charge is 0.232 e. The number of nitrogens with zero attached hydrogens (tertiary/aromatic N) is 1. The lowest BCUT2D eigenvalue weighted by atomic mass is 10.00. The SMILES string of the molecule is CC1C(=O)N(CC(O)c2ccc(F)cc2Cl)C(=O)C1C. The van der Waals surface area contributed by atoms with Crippen molar-refractivity contribution in [2.45, 2.75) is 20.0 Å². The van der Waals surface area contributed by atoms with Crippen LogP contribution in [0.3, 0.4) is 0 Å². The second-order valence-corrected chi connectivity index (χ2v) is 5.45. The highest BCUT2D eigenvalue weighted by atomic mass is 35.5. The normalized spacial score (nSPS) is 24.4. The van der Waals surface area contributed by atoms with E-state index in [0.717, 1.165) is 11.0 Å². The number of carbonyl (C=O) groups excluding carboxylic acids is 2. The fraction of sp³-hybridized carbons (Fsp3) is 0.429. The number of β-amino-alcohol motifs (C(OH)–C–C–N with tert-alkyl or cyclic N) is 1. The van der Waals surface area contributed by atoms with Crippen molar-refractivity contribution in [3.8, 4) is 0 Å². The Morgan fingerprint density at radius 3 is 2.35 bits per heavy atom. The van der Waals surface area contributed by atoms with Crippen LogP contribution in [0.25, 0.3) is 0 Å². The number of hydrogen-bond donors (Lipinski definition) is 1. The molecular weight excluding hydrogens is 285 g/mol. The lowest BCUT2D eigenvalue weighted by Crippen LogP contribution is -2.34. The molecule has 4 nitrogen and oxygen atoms in total. The minimum atomic E-state index is -1.13. The predicted molar refractivity (Wildman–Crippen MR) is 71.4 cm³/mol. The molecule has 1 fully saturated rings. The summed E-state index contributed by atoms with van der Waals surface area (Å²) in [5, 5.41) is 10.2. The molecule has 1 heterocycles. The molecule has 1 saturated heterocycles. The zero-order chi connectivity index (χ0) is 15.0. The van der Waals surface area contributed by atoms with Gasteiger partial charge in [0.05, 0.1) is 12.6 Å². The lowest BCUT2D eigenvalue weighted by Gasteiger charge is -2.20. The van der Waals surface area contributed by atoms with Crippen LogP contribution in [0.5, 0.6) is 0 Å². The van der Waals surface area contributed by atoms with Gasteiger partial charge < -0.3 is 5.11 Å². The first-order valence-electron chi connectivity index (χ1n) is 6.31. The van der Waals surface area contributed by atoms with Gasteiger partial charge in [-0.2, -0.15) is 0 Å². The molecule has 1 aliphatic heterocycles. The second-order valence-electron chi connectivity index (χ2n) is 5.05. The molecule has 3 unspecified atom stereocenters. The summed E-state index contributed by atoms with van der Waals surface area (Å²) < 4.78 is 13.0. The third kappa shape index (κ3) is 2.55. The summed E-state index contributed by atoms with van der Waals surface area (Å²) in [4.78, 5) is 24.9. The highest BCUT2D eigenvalue weighted by Crippen LogP contribution is 2.29. The van der Waals surface area contributed by atoms with E-state index in [9.17, 15) is 19.1 Å². The van der Waals surface area contributed by atoms with E-state index in [1.54, 1.807) is 13.8 Å². The van der Waals surface area contributed by atoms with Crippen LogP contribution in [0.2, 0.25) is 5.02 Å². The molecule has 108 valence electrons. The quantitative estimate of drug-likeness (QED) is 0.870. The maximum atomic E-state index is 13.0. The molecule has 0 aromatic heterocycles. The Hall–Kier alpha value is -1.46. The van der Waals surface area contributed by atoms with Crippen LogP contribution in [-0.4, -0.2) is 28.4 Å². The number of carbonyl (C=O) groups is 2. The molecule has 1 aromatic carbocycles. The number of aliphatic hydroxyl groups excluding tert-OH is 1. The Balaban J connectivity index is 2.18. The average Bonchev–Trinajstić information content (AvgIpc) is 2.56. The fourth-order valence-electron chi connectivity index (χ4n) is 2.25. The zero-order valence-corrected chi connectivity index (χ0v) is 11.9. The van der Waals surface area contributed by atoms with E-state index in [1.807, 2.05) is 0 Å². The first kappa shape index (κ1) is 14.9. The summed E-state index contributed by atoms with van der Waals surface area (Å²) in [6.07, 6.45) is -1.13.